The molecule has 0 aliphatic rings. The van der Waals surface area contributed by atoms with Crippen LogP contribution in [-0.2, 0) is 0 Å². The number of hydrogen-bond donors (Lipinski definition) is 1. The fourth-order valence-corrected chi connectivity index (χ4v) is 3.14. The summed E-state index contributed by atoms with van der Waals surface area (Å²) in [5.74, 6) is 0.160. The summed E-state index contributed by atoms with van der Waals surface area (Å²) in [6, 6.07) is 21.7. The summed E-state index contributed by atoms with van der Waals surface area (Å²) in [6.45, 7) is 0. The molecule has 0 saturated carbocycles. The highest BCUT2D eigenvalue weighted by atomic mass is 79.9. The second-order valence-electron chi connectivity index (χ2n) is 5.99. The van der Waals surface area contributed by atoms with E-state index in [0.717, 1.165) is 15.4 Å². The van der Waals surface area contributed by atoms with Crippen molar-refractivity contribution in [1.82, 2.24) is 0 Å². The molecule has 5 heteroatoms. The van der Waals surface area contributed by atoms with Crippen LogP contribution < -0.4 is 5.63 Å². The molecule has 4 rings (SSSR count). The van der Waals surface area contributed by atoms with Crippen molar-refractivity contribution in [3.63, 3.8) is 0 Å². The molecule has 4 aromatic rings. The average molecular weight is 420 g/mol. The Bertz CT molecular complexity index is 1210. The number of para-hydroxylation sites is 1. The molecule has 4 nitrogen and oxygen atoms in total. The molecule has 0 fully saturated rings. The van der Waals surface area contributed by atoms with E-state index in [4.69, 9.17) is 4.42 Å². The summed E-state index contributed by atoms with van der Waals surface area (Å²) >= 11 is 3.37. The molecule has 1 aromatic heterocycles. The molecule has 0 radical (unpaired) electrons. The van der Waals surface area contributed by atoms with Crippen LogP contribution in [0.15, 0.2) is 91.5 Å². The first-order valence-corrected chi connectivity index (χ1v) is 9.05. The van der Waals surface area contributed by atoms with Crippen LogP contribution in [0.2, 0.25) is 0 Å². The van der Waals surface area contributed by atoms with Crippen LogP contribution in [0.1, 0.15) is 5.56 Å². The third kappa shape index (κ3) is 3.68. The molecule has 0 amide bonds. The lowest BCUT2D eigenvalue weighted by Crippen LogP contribution is -2.02. The first kappa shape index (κ1) is 17.2. The first-order chi connectivity index (χ1) is 13.1. The van der Waals surface area contributed by atoms with Crippen LogP contribution in [0.4, 0.5) is 5.69 Å². The van der Waals surface area contributed by atoms with Crippen LogP contribution >= 0.6 is 15.9 Å². The molecule has 0 atom stereocenters. The van der Waals surface area contributed by atoms with E-state index in [-0.39, 0.29) is 11.4 Å². The van der Waals surface area contributed by atoms with E-state index >= 15 is 0 Å². The highest BCUT2D eigenvalue weighted by Gasteiger charge is 2.07. The van der Waals surface area contributed by atoms with Gasteiger partial charge in [0, 0.05) is 21.6 Å². The lowest BCUT2D eigenvalue weighted by molar-refractivity contribution is 0.474. The lowest BCUT2D eigenvalue weighted by atomic mass is 10.1. The van der Waals surface area contributed by atoms with Crippen molar-refractivity contribution in [3.05, 3.63) is 93.3 Å². The van der Waals surface area contributed by atoms with Gasteiger partial charge in [-0.1, -0.05) is 46.3 Å². The number of phenols is 1. The Morgan fingerprint density at radius 2 is 1.74 bits per heavy atom. The molecule has 1 heterocycles. The maximum Gasteiger partial charge on any atom is 0.344 e. The summed E-state index contributed by atoms with van der Waals surface area (Å²) in [5.41, 5.74) is 2.80. The molecule has 0 aliphatic heterocycles. The fourth-order valence-electron chi connectivity index (χ4n) is 2.76. The van der Waals surface area contributed by atoms with E-state index < -0.39 is 0 Å². The van der Waals surface area contributed by atoms with E-state index in [1.54, 1.807) is 30.5 Å². The highest BCUT2D eigenvalue weighted by Crippen LogP contribution is 2.24. The minimum absolute atomic E-state index is 0.160. The van der Waals surface area contributed by atoms with Crippen LogP contribution in [0, 0.1) is 0 Å². The van der Waals surface area contributed by atoms with Crippen molar-refractivity contribution in [3.8, 4) is 16.9 Å². The molecule has 0 spiro atoms. The van der Waals surface area contributed by atoms with Gasteiger partial charge >= 0.3 is 5.63 Å². The largest absolute Gasteiger partial charge is 0.507 e. The monoisotopic (exact) mass is 419 g/mol. The lowest BCUT2D eigenvalue weighted by Gasteiger charge is -2.03. The molecule has 3 aromatic carbocycles. The third-order valence-electron chi connectivity index (χ3n) is 4.16. The number of fused-ring (bicyclic) bond motifs is 1. The second kappa shape index (κ2) is 7.21. The Hall–Kier alpha value is -3.18. The molecular formula is C22H14BrNO3. The van der Waals surface area contributed by atoms with Crippen molar-refractivity contribution in [1.29, 1.82) is 0 Å². The number of nitrogens with zero attached hydrogens (tertiary/aromatic N) is 1. The minimum Gasteiger partial charge on any atom is -0.507 e. The van der Waals surface area contributed by atoms with Gasteiger partial charge in [-0.3, -0.25) is 4.99 Å². The summed E-state index contributed by atoms with van der Waals surface area (Å²) in [5, 5.41) is 10.7. The molecule has 132 valence electrons. The summed E-state index contributed by atoms with van der Waals surface area (Å²) in [6.07, 6.45) is 1.60. The molecule has 0 saturated heterocycles. The Kier molecular flexibility index (Phi) is 4.60. The minimum atomic E-state index is -0.371. The summed E-state index contributed by atoms with van der Waals surface area (Å²) < 4.78 is 6.25. The number of phenolic OH excluding ortho intramolecular Hbond substituents is 1. The van der Waals surface area contributed by atoms with Gasteiger partial charge in [0.15, 0.2) is 0 Å². The van der Waals surface area contributed by atoms with Gasteiger partial charge < -0.3 is 9.52 Å². The van der Waals surface area contributed by atoms with Gasteiger partial charge in [-0.2, -0.15) is 0 Å². The topological polar surface area (TPSA) is 62.8 Å². The van der Waals surface area contributed by atoms with Crippen molar-refractivity contribution in [2.24, 2.45) is 4.99 Å². The van der Waals surface area contributed by atoms with Crippen molar-refractivity contribution in [2.45, 2.75) is 0 Å². The van der Waals surface area contributed by atoms with Crippen molar-refractivity contribution < 1.29 is 9.52 Å². The number of rotatable bonds is 3. The van der Waals surface area contributed by atoms with E-state index in [1.807, 2.05) is 48.5 Å². The van der Waals surface area contributed by atoms with E-state index in [1.165, 1.54) is 0 Å². The Morgan fingerprint density at radius 3 is 2.56 bits per heavy atom. The van der Waals surface area contributed by atoms with Gasteiger partial charge in [-0.05, 0) is 48.0 Å². The molecular weight excluding hydrogens is 406 g/mol. The zero-order chi connectivity index (χ0) is 18.8. The Morgan fingerprint density at radius 1 is 0.963 bits per heavy atom. The number of halogens is 1. The molecule has 27 heavy (non-hydrogen) atoms. The Labute approximate surface area is 163 Å². The Balaban J connectivity index is 1.64. The number of benzene rings is 3. The SMILES string of the molecule is O=c1oc2ccccc2cc1-c1ccc(N=Cc2cc(Br)ccc2O)cc1. The van der Waals surface area contributed by atoms with E-state index in [9.17, 15) is 9.90 Å². The zero-order valence-corrected chi connectivity index (χ0v) is 15.7. The quantitative estimate of drug-likeness (QED) is 0.343. The van der Waals surface area contributed by atoms with Crippen LogP contribution in [0.25, 0.3) is 22.1 Å². The number of aromatic hydroxyl groups is 1. The fraction of sp³-hybridized carbons (Fsp3) is 0. The van der Waals surface area contributed by atoms with Crippen molar-refractivity contribution >= 4 is 38.8 Å². The normalized spacial score (nSPS) is 11.3. The number of aliphatic imine (C=N–C) groups is 1. The van der Waals surface area contributed by atoms with Gasteiger partial charge in [0.1, 0.15) is 11.3 Å². The van der Waals surface area contributed by atoms with Gasteiger partial charge in [0.05, 0.1) is 11.3 Å². The zero-order valence-electron chi connectivity index (χ0n) is 14.1. The van der Waals surface area contributed by atoms with E-state index in [2.05, 4.69) is 20.9 Å². The standard InChI is InChI=1S/C22H14BrNO3/c23-17-7-10-20(25)16(11-17)13-24-18-8-5-14(6-9-18)19-12-15-3-1-2-4-21(15)27-22(19)26/h1-13,25H. The molecule has 0 bridgehead atoms. The van der Waals surface area contributed by atoms with Crippen molar-refractivity contribution in [2.75, 3.05) is 0 Å². The maximum absolute atomic E-state index is 12.3. The predicted molar refractivity (Wildman–Crippen MR) is 111 cm³/mol. The highest BCUT2D eigenvalue weighted by molar-refractivity contribution is 9.10. The van der Waals surface area contributed by atoms with Gasteiger partial charge in [0.25, 0.3) is 0 Å². The second-order valence-corrected chi connectivity index (χ2v) is 6.91. The third-order valence-corrected chi connectivity index (χ3v) is 4.66. The van der Waals surface area contributed by atoms with E-state index in [0.29, 0.717) is 22.4 Å². The van der Waals surface area contributed by atoms with Crippen LogP contribution in [0.3, 0.4) is 0 Å². The van der Waals surface area contributed by atoms with Gasteiger partial charge in [0.2, 0.25) is 0 Å². The van der Waals surface area contributed by atoms with Crippen LogP contribution in [-0.4, -0.2) is 11.3 Å². The summed E-state index contributed by atoms with van der Waals surface area (Å²) in [4.78, 5) is 16.6. The van der Waals surface area contributed by atoms with Gasteiger partial charge in [-0.15, -0.1) is 0 Å². The van der Waals surface area contributed by atoms with Gasteiger partial charge in [-0.25, -0.2) is 4.79 Å². The summed E-state index contributed by atoms with van der Waals surface area (Å²) in [7, 11) is 0. The number of hydrogen-bond acceptors (Lipinski definition) is 4. The predicted octanol–water partition coefficient (Wildman–Crippen LogP) is 5.68. The first-order valence-electron chi connectivity index (χ1n) is 8.26. The van der Waals surface area contributed by atoms with Crippen LogP contribution in [0.5, 0.6) is 5.75 Å². The average Bonchev–Trinajstić information content (AvgIpc) is 2.68. The molecule has 0 aliphatic carbocycles. The molecule has 1 N–H and O–H groups in total. The smallest absolute Gasteiger partial charge is 0.344 e. The maximum atomic E-state index is 12.3. The molecule has 0 unspecified atom stereocenters.